The topological polar surface area (TPSA) is 60.7 Å². The lowest BCUT2D eigenvalue weighted by atomic mass is 9.91. The fourth-order valence-electron chi connectivity index (χ4n) is 3.41. The summed E-state index contributed by atoms with van der Waals surface area (Å²) >= 11 is 0. The summed E-state index contributed by atoms with van der Waals surface area (Å²) in [4.78, 5) is 0. The molecule has 0 aromatic heterocycles. The van der Waals surface area contributed by atoms with Crippen LogP contribution < -0.4 is 0 Å². The summed E-state index contributed by atoms with van der Waals surface area (Å²) in [7, 11) is 0. The Kier molecular flexibility index (Phi) is 15.4. The Labute approximate surface area is 162 Å². The van der Waals surface area contributed by atoms with Crippen molar-refractivity contribution in [1.82, 2.24) is 0 Å². The predicted molar refractivity (Wildman–Crippen MR) is 112 cm³/mol. The van der Waals surface area contributed by atoms with Crippen molar-refractivity contribution in [2.24, 2.45) is 17.8 Å². The van der Waals surface area contributed by atoms with E-state index in [4.69, 9.17) is 5.11 Å². The van der Waals surface area contributed by atoms with Crippen molar-refractivity contribution in [2.45, 2.75) is 111 Å². The number of rotatable bonds is 16. The predicted octanol–water partition coefficient (Wildman–Crippen LogP) is 5.48. The molecule has 4 atom stereocenters. The lowest BCUT2D eigenvalue weighted by molar-refractivity contribution is -0.0121. The van der Waals surface area contributed by atoms with Crippen molar-refractivity contribution in [3.8, 4) is 0 Å². The van der Waals surface area contributed by atoms with Crippen LogP contribution in [-0.4, -0.2) is 34.1 Å². The van der Waals surface area contributed by atoms with Gasteiger partial charge in [-0.1, -0.05) is 84.3 Å². The molecule has 0 spiro atoms. The molecule has 0 saturated heterocycles. The van der Waals surface area contributed by atoms with E-state index in [0.717, 1.165) is 24.2 Å². The Hall–Kier alpha value is -0.380. The third-order valence-electron chi connectivity index (χ3n) is 5.48. The third-order valence-corrected chi connectivity index (χ3v) is 5.48. The summed E-state index contributed by atoms with van der Waals surface area (Å²) < 4.78 is 0. The van der Waals surface area contributed by atoms with Gasteiger partial charge >= 0.3 is 0 Å². The number of hydrogen-bond donors (Lipinski definition) is 3. The molecular formula is C23H46O3. The van der Waals surface area contributed by atoms with Gasteiger partial charge in [0.25, 0.3) is 0 Å². The summed E-state index contributed by atoms with van der Waals surface area (Å²) in [6.45, 7) is 11.1. The lowest BCUT2D eigenvalue weighted by Gasteiger charge is -2.15. The van der Waals surface area contributed by atoms with Gasteiger partial charge in [0.05, 0.1) is 12.7 Å². The first-order chi connectivity index (χ1) is 12.3. The minimum atomic E-state index is -1.04. The highest BCUT2D eigenvalue weighted by Gasteiger charge is 2.13. The van der Waals surface area contributed by atoms with Gasteiger partial charge in [-0.25, -0.2) is 0 Å². The average molecular weight is 371 g/mol. The highest BCUT2D eigenvalue weighted by atomic mass is 16.4. The summed E-state index contributed by atoms with van der Waals surface area (Å²) in [6.07, 6.45) is 12.2. The second kappa shape index (κ2) is 15.7. The minimum absolute atomic E-state index is 0.387. The fourth-order valence-corrected chi connectivity index (χ4v) is 3.41. The molecule has 156 valence electrons. The Morgan fingerprint density at radius 2 is 1.27 bits per heavy atom. The van der Waals surface area contributed by atoms with Crippen LogP contribution in [0.3, 0.4) is 0 Å². The largest absolute Gasteiger partial charge is 0.394 e. The molecule has 0 bridgehead atoms. The molecule has 3 nitrogen and oxygen atoms in total. The van der Waals surface area contributed by atoms with Crippen molar-refractivity contribution >= 4 is 0 Å². The van der Waals surface area contributed by atoms with E-state index in [1.54, 1.807) is 0 Å². The minimum Gasteiger partial charge on any atom is -0.394 e. The second-order valence-corrected chi connectivity index (χ2v) is 8.96. The Morgan fingerprint density at radius 3 is 1.77 bits per heavy atom. The highest BCUT2D eigenvalue weighted by Crippen LogP contribution is 2.22. The molecule has 0 fully saturated rings. The Balaban J connectivity index is 3.74. The fraction of sp³-hybridized carbons (Fsp3) is 0.913. The molecule has 0 saturated carbocycles. The van der Waals surface area contributed by atoms with Crippen LogP contribution in [0.25, 0.3) is 0 Å². The van der Waals surface area contributed by atoms with Gasteiger partial charge in [0.15, 0.2) is 0 Å². The molecule has 0 amide bonds. The first-order valence-corrected chi connectivity index (χ1v) is 10.9. The normalized spacial score (nSPS) is 17.3. The van der Waals surface area contributed by atoms with Crippen molar-refractivity contribution in [1.29, 1.82) is 0 Å². The van der Waals surface area contributed by atoms with Crippen LogP contribution in [0.2, 0.25) is 0 Å². The van der Waals surface area contributed by atoms with Gasteiger partial charge in [0.1, 0.15) is 6.10 Å². The maximum absolute atomic E-state index is 9.65. The van der Waals surface area contributed by atoms with Crippen LogP contribution in [-0.2, 0) is 0 Å². The summed E-state index contributed by atoms with van der Waals surface area (Å²) in [6, 6.07) is 0. The average Bonchev–Trinajstić information content (AvgIpc) is 2.58. The van der Waals surface area contributed by atoms with Gasteiger partial charge in [-0.15, -0.1) is 0 Å². The van der Waals surface area contributed by atoms with Gasteiger partial charge in [-0.05, 0) is 43.9 Å². The van der Waals surface area contributed by atoms with Gasteiger partial charge in [0.2, 0.25) is 0 Å². The van der Waals surface area contributed by atoms with Crippen LogP contribution in [0.15, 0.2) is 11.6 Å². The smallest absolute Gasteiger partial charge is 0.103 e. The van der Waals surface area contributed by atoms with Crippen LogP contribution in [0.1, 0.15) is 98.8 Å². The van der Waals surface area contributed by atoms with Gasteiger partial charge < -0.3 is 15.3 Å². The van der Waals surface area contributed by atoms with Crippen LogP contribution >= 0.6 is 0 Å². The Bertz CT molecular complexity index is 351. The van der Waals surface area contributed by atoms with Gasteiger partial charge in [0, 0.05) is 0 Å². The van der Waals surface area contributed by atoms with Crippen LogP contribution in [0.4, 0.5) is 0 Å². The van der Waals surface area contributed by atoms with Crippen molar-refractivity contribution in [3.63, 3.8) is 0 Å². The summed E-state index contributed by atoms with van der Waals surface area (Å²) in [5.74, 6) is 2.49. The maximum Gasteiger partial charge on any atom is 0.103 e. The van der Waals surface area contributed by atoms with Gasteiger partial charge in [-0.3, -0.25) is 0 Å². The number of aliphatic hydroxyl groups excluding tert-OH is 3. The van der Waals surface area contributed by atoms with E-state index in [9.17, 15) is 10.2 Å². The first-order valence-electron chi connectivity index (χ1n) is 10.9. The third kappa shape index (κ3) is 14.8. The molecule has 0 aliphatic rings. The first kappa shape index (κ1) is 25.6. The van der Waals surface area contributed by atoms with E-state index in [-0.39, 0.29) is 6.61 Å². The molecule has 0 aliphatic carbocycles. The van der Waals surface area contributed by atoms with E-state index < -0.39 is 12.2 Å². The van der Waals surface area contributed by atoms with E-state index >= 15 is 0 Å². The van der Waals surface area contributed by atoms with E-state index in [0.29, 0.717) is 6.42 Å². The van der Waals surface area contributed by atoms with Crippen molar-refractivity contribution in [3.05, 3.63) is 11.6 Å². The molecule has 0 aromatic carbocycles. The molecule has 0 aliphatic heterocycles. The van der Waals surface area contributed by atoms with E-state index in [1.807, 2.05) is 6.08 Å². The molecule has 3 heteroatoms. The van der Waals surface area contributed by atoms with Crippen LogP contribution in [0.5, 0.6) is 0 Å². The zero-order chi connectivity index (χ0) is 19.9. The Morgan fingerprint density at radius 1 is 0.769 bits per heavy atom. The van der Waals surface area contributed by atoms with E-state index in [1.165, 1.54) is 56.9 Å². The molecular weight excluding hydrogens is 324 g/mol. The molecule has 0 rings (SSSR count). The van der Waals surface area contributed by atoms with Crippen molar-refractivity contribution < 1.29 is 15.3 Å². The zero-order valence-electron chi connectivity index (χ0n) is 18.1. The quantitative estimate of drug-likeness (QED) is 0.315. The monoisotopic (exact) mass is 370 g/mol. The number of aliphatic hydroxyl groups is 3. The maximum atomic E-state index is 9.65. The molecule has 0 heterocycles. The molecule has 0 aromatic rings. The second-order valence-electron chi connectivity index (χ2n) is 8.96. The lowest BCUT2D eigenvalue weighted by Crippen LogP contribution is -2.28. The molecule has 2 unspecified atom stereocenters. The molecule has 0 radical (unpaired) electrons. The summed E-state index contributed by atoms with van der Waals surface area (Å²) in [5.41, 5.74) is 1.26. The molecule has 3 N–H and O–H groups in total. The SMILES string of the molecule is C/C(=C\CC(O)C(O)CO)CCC[C@H](C)CCC[C@H](C)CCCC(C)C. The van der Waals surface area contributed by atoms with Crippen LogP contribution in [0, 0.1) is 17.8 Å². The van der Waals surface area contributed by atoms with Gasteiger partial charge in [-0.2, -0.15) is 0 Å². The number of hydrogen-bond acceptors (Lipinski definition) is 3. The zero-order valence-corrected chi connectivity index (χ0v) is 18.1. The highest BCUT2D eigenvalue weighted by molar-refractivity contribution is 4.99. The number of allylic oxidation sites excluding steroid dienone is 1. The summed E-state index contributed by atoms with van der Waals surface area (Å²) in [5, 5.41) is 27.8. The standard InChI is InChI=1S/C23H46O3/c1-18(2)9-6-10-19(3)11-7-12-20(4)13-8-14-21(5)15-16-22(25)23(26)17-24/h15,18-20,22-26H,6-14,16-17H2,1-5H3/b21-15+/t19-,20-,22?,23?/m1/s1. The molecule has 26 heavy (non-hydrogen) atoms. The van der Waals surface area contributed by atoms with E-state index in [2.05, 4.69) is 34.6 Å². The van der Waals surface area contributed by atoms with Crippen molar-refractivity contribution in [2.75, 3.05) is 6.61 Å².